The predicted octanol–water partition coefficient (Wildman–Crippen LogP) is 1.01. The second-order valence-electron chi connectivity index (χ2n) is 4.61. The molecule has 3 N–H and O–H groups in total. The Morgan fingerprint density at radius 3 is 2.47 bits per heavy atom. The minimum absolute atomic E-state index is 0.0875. The van der Waals surface area contributed by atoms with Crippen LogP contribution in [0.3, 0.4) is 0 Å². The highest BCUT2D eigenvalue weighted by Gasteiger charge is 2.23. The molecule has 1 aromatic heterocycles. The number of carbonyl (C=O) groups excluding carboxylic acids is 1. The van der Waals surface area contributed by atoms with Crippen LogP contribution in [0.25, 0.3) is 0 Å². The first-order valence-corrected chi connectivity index (χ1v) is 6.22. The number of aromatic amines is 1. The zero-order chi connectivity index (χ0) is 14.6. The van der Waals surface area contributed by atoms with Crippen LogP contribution >= 0.6 is 0 Å². The van der Waals surface area contributed by atoms with E-state index in [1.807, 2.05) is 7.05 Å². The van der Waals surface area contributed by atoms with Gasteiger partial charge in [-0.2, -0.15) is 0 Å². The van der Waals surface area contributed by atoms with Crippen molar-refractivity contribution in [3.8, 4) is 0 Å². The molecule has 6 nitrogen and oxygen atoms in total. The van der Waals surface area contributed by atoms with Crippen molar-refractivity contribution < 1.29 is 14.7 Å². The quantitative estimate of drug-likeness (QED) is 0.671. The molecule has 0 saturated heterocycles. The fourth-order valence-electron chi connectivity index (χ4n) is 2.07. The second-order valence-corrected chi connectivity index (χ2v) is 4.61. The van der Waals surface area contributed by atoms with Crippen molar-refractivity contribution in [3.63, 3.8) is 0 Å². The van der Waals surface area contributed by atoms with E-state index in [-0.39, 0.29) is 11.6 Å². The average molecular weight is 267 g/mol. The largest absolute Gasteiger partial charge is 0.477 e. The molecule has 0 unspecified atom stereocenters. The van der Waals surface area contributed by atoms with Gasteiger partial charge in [0.05, 0.1) is 5.56 Å². The second kappa shape index (κ2) is 6.38. The molecule has 19 heavy (non-hydrogen) atoms. The van der Waals surface area contributed by atoms with E-state index < -0.39 is 5.97 Å². The Bertz CT molecular complexity index is 480. The number of nitrogens with one attached hydrogen (secondary N) is 2. The molecular formula is C13H21N3O3. The molecule has 0 spiro atoms. The number of nitrogens with zero attached hydrogens (tertiary/aromatic N) is 1. The van der Waals surface area contributed by atoms with E-state index in [1.165, 1.54) is 0 Å². The van der Waals surface area contributed by atoms with Gasteiger partial charge in [0.2, 0.25) is 0 Å². The van der Waals surface area contributed by atoms with Gasteiger partial charge < -0.3 is 20.3 Å². The van der Waals surface area contributed by atoms with Crippen molar-refractivity contribution >= 4 is 11.9 Å². The summed E-state index contributed by atoms with van der Waals surface area (Å²) < 4.78 is 0. The molecule has 0 atom stereocenters. The highest BCUT2D eigenvalue weighted by molar-refractivity contribution is 6.00. The molecule has 0 aliphatic rings. The summed E-state index contributed by atoms with van der Waals surface area (Å²) >= 11 is 0. The number of aromatic nitrogens is 1. The molecule has 0 radical (unpaired) electrons. The Morgan fingerprint density at radius 1 is 1.37 bits per heavy atom. The molecule has 0 bridgehead atoms. The van der Waals surface area contributed by atoms with Crippen LogP contribution in [0.5, 0.6) is 0 Å². The number of H-pyrrole nitrogens is 1. The Morgan fingerprint density at radius 2 is 2.00 bits per heavy atom. The van der Waals surface area contributed by atoms with Gasteiger partial charge in [-0.3, -0.25) is 4.79 Å². The van der Waals surface area contributed by atoms with Crippen molar-refractivity contribution in [1.29, 1.82) is 0 Å². The first kappa shape index (κ1) is 15.2. The van der Waals surface area contributed by atoms with Crippen LogP contribution in [0.1, 0.15) is 38.5 Å². The first-order valence-electron chi connectivity index (χ1n) is 6.22. The van der Waals surface area contributed by atoms with Gasteiger partial charge in [-0.1, -0.05) is 0 Å². The monoisotopic (exact) mass is 267 g/mol. The number of carboxylic acids is 1. The molecule has 1 rings (SSSR count). The summed E-state index contributed by atoms with van der Waals surface area (Å²) in [7, 11) is 3.59. The topological polar surface area (TPSA) is 85.4 Å². The van der Waals surface area contributed by atoms with E-state index >= 15 is 0 Å². The van der Waals surface area contributed by atoms with Gasteiger partial charge in [0, 0.05) is 19.3 Å². The third kappa shape index (κ3) is 3.35. The third-order valence-electron chi connectivity index (χ3n) is 3.13. The molecule has 1 aromatic rings. The zero-order valence-electron chi connectivity index (χ0n) is 11.8. The molecule has 0 aromatic carbocycles. The average Bonchev–Trinajstić information content (AvgIpc) is 2.64. The molecule has 1 heterocycles. The van der Waals surface area contributed by atoms with Crippen LogP contribution in [0.2, 0.25) is 0 Å². The van der Waals surface area contributed by atoms with Crippen molar-refractivity contribution in [3.05, 3.63) is 22.5 Å². The van der Waals surface area contributed by atoms with Gasteiger partial charge in [-0.15, -0.1) is 0 Å². The maximum atomic E-state index is 12.3. The van der Waals surface area contributed by atoms with Gasteiger partial charge in [-0.05, 0) is 39.4 Å². The van der Waals surface area contributed by atoms with Crippen LogP contribution in [0.15, 0.2) is 0 Å². The standard InChI is InChI=1S/C13H21N3O3/c1-8-10(9(2)15-11(8)13(18)19)12(17)16(4)7-5-6-14-3/h14-15H,5-7H2,1-4H3,(H,18,19). The van der Waals surface area contributed by atoms with Gasteiger partial charge in [0.1, 0.15) is 5.69 Å². The van der Waals surface area contributed by atoms with E-state index in [1.54, 1.807) is 25.8 Å². The Labute approximate surface area is 112 Å². The van der Waals surface area contributed by atoms with Gasteiger partial charge in [-0.25, -0.2) is 4.79 Å². The summed E-state index contributed by atoms with van der Waals surface area (Å²) in [6.45, 7) is 4.84. The minimum atomic E-state index is -1.04. The summed E-state index contributed by atoms with van der Waals surface area (Å²) in [5.41, 5.74) is 1.64. The number of aromatic carboxylic acids is 1. The number of carboxylic acid groups (broad SMARTS) is 1. The highest BCUT2D eigenvalue weighted by atomic mass is 16.4. The molecule has 0 saturated carbocycles. The van der Waals surface area contributed by atoms with Crippen LogP contribution in [-0.2, 0) is 0 Å². The van der Waals surface area contributed by atoms with E-state index in [2.05, 4.69) is 10.3 Å². The molecule has 0 aliphatic heterocycles. The van der Waals surface area contributed by atoms with Gasteiger partial charge in [0.25, 0.3) is 5.91 Å². The molecule has 6 heteroatoms. The first-order chi connectivity index (χ1) is 8.90. The summed E-state index contributed by atoms with van der Waals surface area (Å²) in [6.07, 6.45) is 0.854. The van der Waals surface area contributed by atoms with E-state index in [9.17, 15) is 9.59 Å². The number of rotatable bonds is 6. The smallest absolute Gasteiger partial charge is 0.352 e. The number of hydrogen-bond donors (Lipinski definition) is 3. The fourth-order valence-corrected chi connectivity index (χ4v) is 2.07. The normalized spacial score (nSPS) is 10.5. The maximum Gasteiger partial charge on any atom is 0.352 e. The Hall–Kier alpha value is -1.82. The molecule has 106 valence electrons. The minimum Gasteiger partial charge on any atom is -0.477 e. The van der Waals surface area contributed by atoms with E-state index in [0.717, 1.165) is 13.0 Å². The van der Waals surface area contributed by atoms with E-state index in [4.69, 9.17) is 5.11 Å². The number of amides is 1. The van der Waals surface area contributed by atoms with E-state index in [0.29, 0.717) is 23.4 Å². The predicted molar refractivity (Wildman–Crippen MR) is 72.7 cm³/mol. The Kier molecular flexibility index (Phi) is 5.11. The maximum absolute atomic E-state index is 12.3. The van der Waals surface area contributed by atoms with Crippen LogP contribution < -0.4 is 5.32 Å². The molecule has 0 aliphatic carbocycles. The third-order valence-corrected chi connectivity index (χ3v) is 3.13. The lowest BCUT2D eigenvalue weighted by Gasteiger charge is -2.17. The summed E-state index contributed by atoms with van der Waals surface area (Å²) in [5, 5.41) is 12.1. The summed E-state index contributed by atoms with van der Waals surface area (Å²) in [4.78, 5) is 27.7. The lowest BCUT2D eigenvalue weighted by molar-refractivity contribution is 0.0690. The van der Waals surface area contributed by atoms with Crippen molar-refractivity contribution in [2.75, 3.05) is 27.2 Å². The molecule has 1 amide bonds. The highest BCUT2D eigenvalue weighted by Crippen LogP contribution is 2.19. The summed E-state index contributed by atoms with van der Waals surface area (Å²) in [6, 6.07) is 0. The van der Waals surface area contributed by atoms with Crippen molar-refractivity contribution in [1.82, 2.24) is 15.2 Å². The lowest BCUT2D eigenvalue weighted by atomic mass is 10.1. The number of carbonyl (C=O) groups is 2. The fraction of sp³-hybridized carbons (Fsp3) is 0.538. The molecule has 0 fully saturated rings. The number of aryl methyl sites for hydroxylation is 1. The van der Waals surface area contributed by atoms with Gasteiger partial charge >= 0.3 is 5.97 Å². The van der Waals surface area contributed by atoms with Crippen molar-refractivity contribution in [2.24, 2.45) is 0 Å². The van der Waals surface area contributed by atoms with Crippen LogP contribution in [0.4, 0.5) is 0 Å². The lowest BCUT2D eigenvalue weighted by Crippen LogP contribution is -2.30. The van der Waals surface area contributed by atoms with Gasteiger partial charge in [0.15, 0.2) is 0 Å². The number of hydrogen-bond acceptors (Lipinski definition) is 3. The van der Waals surface area contributed by atoms with Crippen LogP contribution in [-0.4, -0.2) is 54.1 Å². The van der Waals surface area contributed by atoms with Crippen LogP contribution in [0, 0.1) is 13.8 Å². The zero-order valence-corrected chi connectivity index (χ0v) is 11.8. The summed E-state index contributed by atoms with van der Waals surface area (Å²) in [5.74, 6) is -1.19. The SMILES string of the molecule is CNCCCN(C)C(=O)c1c(C)[nH]c(C(=O)O)c1C. The van der Waals surface area contributed by atoms with Crippen molar-refractivity contribution in [2.45, 2.75) is 20.3 Å². The molecular weight excluding hydrogens is 246 g/mol. The Balaban J connectivity index is 2.90.